The first-order chi connectivity index (χ1) is 9.95. The molecule has 1 aromatic carbocycles. The summed E-state index contributed by atoms with van der Waals surface area (Å²) in [5.74, 6) is -2.01. The van der Waals surface area contributed by atoms with Gasteiger partial charge >= 0.3 is 5.97 Å². The van der Waals surface area contributed by atoms with Crippen molar-refractivity contribution in [2.45, 2.75) is 32.0 Å². The van der Waals surface area contributed by atoms with Crippen molar-refractivity contribution in [3.05, 3.63) is 35.9 Å². The molecule has 1 saturated carbocycles. The molecule has 0 spiro atoms. The van der Waals surface area contributed by atoms with Crippen molar-refractivity contribution in [3.63, 3.8) is 0 Å². The van der Waals surface area contributed by atoms with Crippen LogP contribution in [0.2, 0.25) is 0 Å². The van der Waals surface area contributed by atoms with E-state index in [1.54, 1.807) is 4.90 Å². The van der Waals surface area contributed by atoms with Crippen molar-refractivity contribution >= 4 is 11.9 Å². The fourth-order valence-corrected chi connectivity index (χ4v) is 3.74. The molecule has 1 saturated heterocycles. The largest absolute Gasteiger partial charge is 0.481 e. The van der Waals surface area contributed by atoms with Gasteiger partial charge < -0.3 is 10.0 Å². The molecule has 0 aromatic heterocycles. The van der Waals surface area contributed by atoms with Crippen molar-refractivity contribution in [1.82, 2.24) is 4.90 Å². The van der Waals surface area contributed by atoms with Gasteiger partial charge in [-0.15, -0.1) is 0 Å². The van der Waals surface area contributed by atoms with Crippen LogP contribution in [0, 0.1) is 11.3 Å². The smallest absolute Gasteiger partial charge is 0.312 e. The number of benzene rings is 1. The molecule has 1 aliphatic heterocycles. The highest BCUT2D eigenvalue weighted by Gasteiger charge is 2.63. The van der Waals surface area contributed by atoms with Crippen molar-refractivity contribution in [1.29, 1.82) is 0 Å². The minimum atomic E-state index is -1.25. The van der Waals surface area contributed by atoms with Gasteiger partial charge in [0.15, 0.2) is 0 Å². The maximum absolute atomic E-state index is 13.6. The molecule has 4 nitrogen and oxygen atoms in total. The molecule has 3 rings (SSSR count). The van der Waals surface area contributed by atoms with Crippen molar-refractivity contribution in [2.75, 3.05) is 6.54 Å². The Bertz CT molecular complexity index is 576. The summed E-state index contributed by atoms with van der Waals surface area (Å²) in [4.78, 5) is 25.8. The molecule has 112 valence electrons. The number of alkyl halides is 1. The first kappa shape index (κ1) is 14.0. The number of nitrogens with zero attached hydrogens (tertiary/aromatic N) is 1. The first-order valence-corrected chi connectivity index (χ1v) is 7.18. The summed E-state index contributed by atoms with van der Waals surface area (Å²) >= 11 is 0. The molecule has 1 unspecified atom stereocenters. The molecule has 0 bridgehead atoms. The number of amides is 1. The second-order valence-electron chi connectivity index (χ2n) is 6.10. The maximum Gasteiger partial charge on any atom is 0.312 e. The predicted molar refractivity (Wildman–Crippen MR) is 74.3 cm³/mol. The van der Waals surface area contributed by atoms with Crippen molar-refractivity contribution < 1.29 is 19.1 Å². The van der Waals surface area contributed by atoms with Crippen LogP contribution in [-0.4, -0.2) is 34.6 Å². The first-order valence-electron chi connectivity index (χ1n) is 7.18. The standard InChI is InChI=1S/C16H18FNO3/c1-10(11-5-3-2-4-6-11)18-9-16(15(20)21)8-12(17)7-13(16)14(18)19/h2-6,10,12-13H,7-9H2,1H3,(H,20,21)/t10-,12?,13+,16-/m1/s1. The van der Waals surface area contributed by atoms with Crippen LogP contribution in [0.1, 0.15) is 31.4 Å². The third kappa shape index (κ3) is 2.03. The van der Waals surface area contributed by atoms with Crippen molar-refractivity contribution in [2.24, 2.45) is 11.3 Å². The van der Waals surface area contributed by atoms with E-state index in [4.69, 9.17) is 0 Å². The molecule has 1 aliphatic carbocycles. The predicted octanol–water partition coefficient (Wildman–Crippen LogP) is 2.41. The minimum Gasteiger partial charge on any atom is -0.481 e. The van der Waals surface area contributed by atoms with Crippen LogP contribution in [0.5, 0.6) is 0 Å². The van der Waals surface area contributed by atoms with Crippen LogP contribution in [0.15, 0.2) is 30.3 Å². The van der Waals surface area contributed by atoms with E-state index in [1.807, 2.05) is 37.3 Å². The Hall–Kier alpha value is -1.91. The number of aliphatic carboxylic acids is 1. The fourth-order valence-electron chi connectivity index (χ4n) is 3.74. The van der Waals surface area contributed by atoms with E-state index in [0.717, 1.165) is 5.56 Å². The molecule has 1 heterocycles. The normalized spacial score (nSPS) is 33.0. The van der Waals surface area contributed by atoms with Gasteiger partial charge in [0, 0.05) is 6.54 Å². The number of carbonyl (C=O) groups excluding carboxylic acids is 1. The lowest BCUT2D eigenvalue weighted by Gasteiger charge is -2.28. The molecule has 21 heavy (non-hydrogen) atoms. The number of carboxylic acids is 1. The topological polar surface area (TPSA) is 57.6 Å². The van der Waals surface area contributed by atoms with Gasteiger partial charge in [-0.2, -0.15) is 0 Å². The zero-order chi connectivity index (χ0) is 15.2. The Morgan fingerprint density at radius 3 is 2.67 bits per heavy atom. The number of rotatable bonds is 3. The highest BCUT2D eigenvalue weighted by molar-refractivity contribution is 5.92. The summed E-state index contributed by atoms with van der Waals surface area (Å²) in [6.07, 6.45) is -1.22. The third-order valence-corrected chi connectivity index (χ3v) is 4.95. The summed E-state index contributed by atoms with van der Waals surface area (Å²) < 4.78 is 13.6. The van der Waals surface area contributed by atoms with Gasteiger partial charge in [-0.25, -0.2) is 4.39 Å². The van der Waals surface area contributed by atoms with Gasteiger partial charge in [0.25, 0.3) is 0 Å². The molecule has 5 heteroatoms. The van der Waals surface area contributed by atoms with Crippen LogP contribution in [0.3, 0.4) is 0 Å². The number of carboxylic acid groups (broad SMARTS) is 1. The molecule has 2 fully saturated rings. The molecule has 4 atom stereocenters. The summed E-state index contributed by atoms with van der Waals surface area (Å²) in [7, 11) is 0. The molecule has 0 radical (unpaired) electrons. The average molecular weight is 291 g/mol. The van der Waals surface area contributed by atoms with E-state index >= 15 is 0 Å². The number of fused-ring (bicyclic) bond motifs is 1. The Kier molecular flexibility index (Phi) is 3.23. The van der Waals surface area contributed by atoms with Gasteiger partial charge in [-0.3, -0.25) is 9.59 Å². The van der Waals surface area contributed by atoms with E-state index in [9.17, 15) is 19.1 Å². The Labute approximate surface area is 122 Å². The molecule has 2 aliphatic rings. The monoisotopic (exact) mass is 291 g/mol. The van der Waals surface area contributed by atoms with E-state index in [1.165, 1.54) is 0 Å². The molecule has 1 aromatic rings. The van der Waals surface area contributed by atoms with Crippen LogP contribution in [0.25, 0.3) is 0 Å². The Morgan fingerprint density at radius 1 is 1.43 bits per heavy atom. The number of carbonyl (C=O) groups is 2. The molecular weight excluding hydrogens is 273 g/mol. The van der Waals surface area contributed by atoms with E-state index in [2.05, 4.69) is 0 Å². The SMILES string of the molecule is C[C@H](c1ccccc1)N1C[C@]2(C(=O)O)CC(F)C[C@H]2C1=O. The third-order valence-electron chi connectivity index (χ3n) is 4.95. The lowest BCUT2D eigenvalue weighted by Crippen LogP contribution is -2.36. The zero-order valence-corrected chi connectivity index (χ0v) is 11.8. The van der Waals surface area contributed by atoms with Gasteiger partial charge in [0.05, 0.1) is 17.4 Å². The highest BCUT2D eigenvalue weighted by Crippen LogP contribution is 2.52. The Morgan fingerprint density at radius 2 is 2.10 bits per heavy atom. The van der Waals surface area contributed by atoms with Gasteiger partial charge in [-0.05, 0) is 25.3 Å². The average Bonchev–Trinajstić information content (AvgIpc) is 2.94. The summed E-state index contributed by atoms with van der Waals surface area (Å²) in [6.45, 7) is 1.99. The molecule has 1 amide bonds. The van der Waals surface area contributed by atoms with Gasteiger partial charge in [0.1, 0.15) is 6.17 Å². The molecule has 1 N–H and O–H groups in total. The van der Waals surface area contributed by atoms with Gasteiger partial charge in [-0.1, -0.05) is 30.3 Å². The quantitative estimate of drug-likeness (QED) is 0.930. The van der Waals surface area contributed by atoms with E-state index < -0.39 is 23.5 Å². The lowest BCUT2D eigenvalue weighted by atomic mass is 9.80. The fraction of sp³-hybridized carbons (Fsp3) is 0.500. The number of likely N-dealkylation sites (tertiary alicyclic amines) is 1. The second-order valence-corrected chi connectivity index (χ2v) is 6.10. The lowest BCUT2D eigenvalue weighted by molar-refractivity contribution is -0.150. The van der Waals surface area contributed by atoms with Crippen LogP contribution >= 0.6 is 0 Å². The highest BCUT2D eigenvalue weighted by atomic mass is 19.1. The second kappa shape index (κ2) is 4.83. The van der Waals surface area contributed by atoms with Crippen LogP contribution < -0.4 is 0 Å². The van der Waals surface area contributed by atoms with Crippen LogP contribution in [0.4, 0.5) is 4.39 Å². The maximum atomic E-state index is 13.6. The summed E-state index contributed by atoms with van der Waals surface area (Å²) in [5, 5.41) is 9.53. The molecular formula is C16H18FNO3. The number of halogens is 1. The minimum absolute atomic E-state index is 0.0309. The van der Waals surface area contributed by atoms with E-state index in [0.29, 0.717) is 0 Å². The summed E-state index contributed by atoms with van der Waals surface area (Å²) in [6, 6.07) is 9.30. The number of hydrogen-bond donors (Lipinski definition) is 1. The Balaban J connectivity index is 1.91. The van der Waals surface area contributed by atoms with Crippen LogP contribution in [-0.2, 0) is 9.59 Å². The zero-order valence-electron chi connectivity index (χ0n) is 11.8. The van der Waals surface area contributed by atoms with E-state index in [-0.39, 0.29) is 31.3 Å². The van der Waals surface area contributed by atoms with Crippen molar-refractivity contribution in [3.8, 4) is 0 Å². The van der Waals surface area contributed by atoms with Gasteiger partial charge in [0.2, 0.25) is 5.91 Å². The summed E-state index contributed by atoms with van der Waals surface area (Å²) in [5.41, 5.74) is -0.289. The number of hydrogen-bond acceptors (Lipinski definition) is 2.